The zero-order chi connectivity index (χ0) is 12.0. The summed E-state index contributed by atoms with van der Waals surface area (Å²) in [6.07, 6.45) is 7.47. The van der Waals surface area contributed by atoms with Crippen LogP contribution in [0.1, 0.15) is 52.4 Å². The van der Waals surface area contributed by atoms with Gasteiger partial charge in [0.2, 0.25) is 5.91 Å². The largest absolute Gasteiger partial charge is 0.358 e. The van der Waals surface area contributed by atoms with Crippen molar-refractivity contribution in [3.05, 3.63) is 0 Å². The number of rotatable bonds is 5. The summed E-state index contributed by atoms with van der Waals surface area (Å²) in [5.41, 5.74) is 0. The number of nitrogens with zero attached hydrogens (tertiary/aromatic N) is 1. The number of ether oxygens (including phenoxy) is 1. The summed E-state index contributed by atoms with van der Waals surface area (Å²) in [6.45, 7) is 4.46. The fraction of sp³-hybridized carbons (Fsp3) is 0.923. The van der Waals surface area contributed by atoms with E-state index in [1.165, 1.54) is 19.3 Å². The van der Waals surface area contributed by atoms with Gasteiger partial charge in [0.05, 0.1) is 6.10 Å². The van der Waals surface area contributed by atoms with Gasteiger partial charge in [0.1, 0.15) is 6.73 Å². The molecule has 0 aliphatic heterocycles. The van der Waals surface area contributed by atoms with E-state index in [0.717, 1.165) is 19.3 Å². The number of carbonyl (C=O) groups is 1. The minimum atomic E-state index is 0.111. The Morgan fingerprint density at radius 1 is 1.38 bits per heavy atom. The van der Waals surface area contributed by atoms with Crippen LogP contribution < -0.4 is 0 Å². The molecule has 1 amide bonds. The summed E-state index contributed by atoms with van der Waals surface area (Å²) in [4.78, 5) is 13.5. The van der Waals surface area contributed by atoms with Gasteiger partial charge in [-0.1, -0.05) is 33.1 Å². The number of hydrogen-bond acceptors (Lipinski definition) is 2. The smallest absolute Gasteiger partial charge is 0.226 e. The number of carbonyl (C=O) groups excluding carboxylic acids is 1. The Bertz CT molecular complexity index is 212. The summed E-state index contributed by atoms with van der Waals surface area (Å²) < 4.78 is 5.77. The van der Waals surface area contributed by atoms with E-state index in [2.05, 4.69) is 0 Å². The fourth-order valence-corrected chi connectivity index (χ4v) is 2.06. The van der Waals surface area contributed by atoms with Crippen molar-refractivity contribution in [1.29, 1.82) is 0 Å². The Hall–Kier alpha value is -0.570. The highest BCUT2D eigenvalue weighted by molar-refractivity contribution is 5.77. The van der Waals surface area contributed by atoms with Gasteiger partial charge in [-0.25, -0.2) is 0 Å². The number of hydrogen-bond donors (Lipinski definition) is 0. The van der Waals surface area contributed by atoms with E-state index in [4.69, 9.17) is 4.74 Å². The van der Waals surface area contributed by atoms with Crippen molar-refractivity contribution in [3.63, 3.8) is 0 Å². The first-order valence-corrected chi connectivity index (χ1v) is 6.51. The van der Waals surface area contributed by atoms with Crippen LogP contribution in [0.3, 0.4) is 0 Å². The molecule has 3 heteroatoms. The van der Waals surface area contributed by atoms with E-state index in [-0.39, 0.29) is 11.8 Å². The molecule has 16 heavy (non-hydrogen) atoms. The molecule has 0 heterocycles. The van der Waals surface area contributed by atoms with Crippen LogP contribution in [-0.4, -0.2) is 30.7 Å². The molecule has 0 aromatic heterocycles. The molecule has 1 rings (SSSR count). The van der Waals surface area contributed by atoms with Crippen molar-refractivity contribution in [2.24, 2.45) is 5.92 Å². The van der Waals surface area contributed by atoms with Crippen LogP contribution in [0.2, 0.25) is 0 Å². The van der Waals surface area contributed by atoms with Crippen LogP contribution in [0, 0.1) is 5.92 Å². The molecule has 1 aliphatic carbocycles. The van der Waals surface area contributed by atoms with E-state index >= 15 is 0 Å². The minimum absolute atomic E-state index is 0.111. The van der Waals surface area contributed by atoms with Crippen LogP contribution in [0.25, 0.3) is 0 Å². The average Bonchev–Trinajstić information content (AvgIpc) is 2.35. The van der Waals surface area contributed by atoms with Crippen molar-refractivity contribution in [2.45, 2.75) is 58.5 Å². The molecule has 0 N–H and O–H groups in total. The van der Waals surface area contributed by atoms with Gasteiger partial charge in [0, 0.05) is 13.0 Å². The predicted octanol–water partition coefficient (Wildman–Crippen LogP) is 2.80. The third-order valence-corrected chi connectivity index (χ3v) is 3.47. The maximum Gasteiger partial charge on any atom is 0.226 e. The Balaban J connectivity index is 2.22. The van der Waals surface area contributed by atoms with Crippen molar-refractivity contribution in [1.82, 2.24) is 4.90 Å². The molecule has 1 atom stereocenters. The molecule has 0 radical (unpaired) electrons. The topological polar surface area (TPSA) is 29.5 Å². The SMILES string of the molecule is CCC(C)C(=O)N(C)COC1CCCCC1. The van der Waals surface area contributed by atoms with Crippen molar-refractivity contribution >= 4 is 5.91 Å². The molecular formula is C13H25NO2. The monoisotopic (exact) mass is 227 g/mol. The van der Waals surface area contributed by atoms with Crippen LogP contribution in [-0.2, 0) is 9.53 Å². The van der Waals surface area contributed by atoms with E-state index < -0.39 is 0 Å². The van der Waals surface area contributed by atoms with E-state index in [1.54, 1.807) is 4.90 Å². The molecule has 94 valence electrons. The molecule has 3 nitrogen and oxygen atoms in total. The second-order valence-electron chi connectivity index (χ2n) is 4.90. The maximum absolute atomic E-state index is 11.8. The summed E-state index contributed by atoms with van der Waals surface area (Å²) in [5, 5.41) is 0. The minimum Gasteiger partial charge on any atom is -0.358 e. The van der Waals surface area contributed by atoms with Crippen LogP contribution >= 0.6 is 0 Å². The normalized spacial score (nSPS) is 19.4. The molecule has 0 bridgehead atoms. The Labute approximate surface area is 99.1 Å². The van der Waals surface area contributed by atoms with Gasteiger partial charge < -0.3 is 9.64 Å². The summed E-state index contributed by atoms with van der Waals surface area (Å²) in [6, 6.07) is 0. The van der Waals surface area contributed by atoms with E-state index in [9.17, 15) is 4.79 Å². The molecule has 0 aromatic rings. The third-order valence-electron chi connectivity index (χ3n) is 3.47. The van der Waals surface area contributed by atoms with Crippen LogP contribution in [0.15, 0.2) is 0 Å². The van der Waals surface area contributed by atoms with Crippen molar-refractivity contribution < 1.29 is 9.53 Å². The lowest BCUT2D eigenvalue weighted by atomic mass is 9.98. The molecule has 1 aliphatic rings. The van der Waals surface area contributed by atoms with Crippen LogP contribution in [0.5, 0.6) is 0 Å². The van der Waals surface area contributed by atoms with Crippen molar-refractivity contribution in [2.75, 3.05) is 13.8 Å². The van der Waals surface area contributed by atoms with Crippen LogP contribution in [0.4, 0.5) is 0 Å². The van der Waals surface area contributed by atoms with Gasteiger partial charge in [-0.2, -0.15) is 0 Å². The number of amides is 1. The highest BCUT2D eigenvalue weighted by Gasteiger charge is 2.18. The maximum atomic E-state index is 11.8. The third kappa shape index (κ3) is 4.12. The summed E-state index contributed by atoms with van der Waals surface area (Å²) in [7, 11) is 1.83. The second kappa shape index (κ2) is 6.89. The second-order valence-corrected chi connectivity index (χ2v) is 4.90. The van der Waals surface area contributed by atoms with Gasteiger partial charge in [-0.3, -0.25) is 4.79 Å². The standard InChI is InChI=1S/C13H25NO2/c1-4-11(2)13(15)14(3)10-16-12-8-6-5-7-9-12/h11-12H,4-10H2,1-3H3. The van der Waals surface area contributed by atoms with E-state index in [0.29, 0.717) is 12.8 Å². The van der Waals surface area contributed by atoms with Gasteiger partial charge >= 0.3 is 0 Å². The molecule has 1 fully saturated rings. The molecule has 1 unspecified atom stereocenters. The Morgan fingerprint density at radius 2 is 2.00 bits per heavy atom. The fourth-order valence-electron chi connectivity index (χ4n) is 2.06. The summed E-state index contributed by atoms with van der Waals surface area (Å²) >= 11 is 0. The first kappa shape index (κ1) is 13.5. The van der Waals surface area contributed by atoms with Gasteiger partial charge in [-0.15, -0.1) is 0 Å². The molecule has 1 saturated carbocycles. The van der Waals surface area contributed by atoms with E-state index in [1.807, 2.05) is 20.9 Å². The molecular weight excluding hydrogens is 202 g/mol. The van der Waals surface area contributed by atoms with Crippen molar-refractivity contribution in [3.8, 4) is 0 Å². The highest BCUT2D eigenvalue weighted by Crippen LogP contribution is 2.20. The quantitative estimate of drug-likeness (QED) is 0.676. The van der Waals surface area contributed by atoms with Gasteiger partial charge in [-0.05, 0) is 19.3 Å². The zero-order valence-electron chi connectivity index (χ0n) is 10.9. The summed E-state index contributed by atoms with van der Waals surface area (Å²) in [5.74, 6) is 0.304. The lowest BCUT2D eigenvalue weighted by Gasteiger charge is -2.26. The molecule has 0 aromatic carbocycles. The average molecular weight is 227 g/mol. The first-order valence-electron chi connectivity index (χ1n) is 6.51. The first-order chi connectivity index (χ1) is 7.65. The molecule has 0 spiro atoms. The van der Waals surface area contributed by atoms with Gasteiger partial charge in [0.25, 0.3) is 0 Å². The molecule has 0 saturated heterocycles. The predicted molar refractivity (Wildman–Crippen MR) is 65.1 cm³/mol. The lowest BCUT2D eigenvalue weighted by molar-refractivity contribution is -0.141. The Morgan fingerprint density at radius 3 is 2.56 bits per heavy atom. The highest BCUT2D eigenvalue weighted by atomic mass is 16.5. The Kier molecular flexibility index (Phi) is 5.81. The zero-order valence-corrected chi connectivity index (χ0v) is 10.9. The van der Waals surface area contributed by atoms with Gasteiger partial charge in [0.15, 0.2) is 0 Å². The lowest BCUT2D eigenvalue weighted by Crippen LogP contribution is -2.35.